The Morgan fingerprint density at radius 2 is 0.607 bits per heavy atom. The molecule has 112 heavy (non-hydrogen) atoms. The molecule has 2 saturated heterocycles. The molecular formula is C91H124B2Br2N4O4P2PdS6. The number of rotatable bonds is 3. The quantitative estimate of drug-likeness (QED) is 0.128. The van der Waals surface area contributed by atoms with Gasteiger partial charge in [-0.25, -0.2) is 0 Å². The number of halogens is 2. The van der Waals surface area contributed by atoms with E-state index in [1.807, 2.05) is 113 Å². The molecule has 0 N–H and O–H groups in total. The number of thiophene rings is 4. The standard InChI is InChI=1S/C28H24N2S3.C20H16Br2S2.C18H26B2N2O4S.2C12H27P.CH4.Pd/c1-13-7-8-15(24-23(13)29-33-30-24)22-12-21-26(32-22)17-11-18-16(10-19(17)28(21,5)6)25-20(27(18,3)4)9-14(2)31-25;1-19(2)11-5-10-12(6-9(11)17-13(19)7-15(21)23-17)20(3,4)14-8-16(22)24-18(10)14;1-15(2)16(3,4)24-19(23-15)11-9-10-12(14-13(11)21-27-22-14)20-25-17(5,6)18(7,8)26-20;2*1-10(2,3)13(11(4,5)6)12(7,8)9;;/h7-12H,1-6H3;5-8H,1-4H3;9-10H,1-8H3;2*1-9H3;1H4;. The van der Waals surface area contributed by atoms with Crippen molar-refractivity contribution in [2.45, 2.75) is 332 Å². The molecule has 0 spiro atoms. The van der Waals surface area contributed by atoms with Crippen LogP contribution in [0, 0.1) is 13.8 Å². The number of benzene rings is 4. The number of hydrogen-bond donors (Lipinski definition) is 0. The first-order valence-electron chi connectivity index (χ1n) is 39.0. The summed E-state index contributed by atoms with van der Waals surface area (Å²) in [7, 11) is -0.924. The third-order valence-electron chi connectivity index (χ3n) is 24.1. The zero-order chi connectivity index (χ0) is 81.9. The van der Waals surface area contributed by atoms with Crippen LogP contribution in [0.15, 0.2) is 80.4 Å². The first-order valence-corrected chi connectivity index (χ1v) is 48.0. The van der Waals surface area contributed by atoms with Crippen LogP contribution in [0.3, 0.4) is 0 Å². The molecule has 0 amide bonds. The summed E-state index contributed by atoms with van der Waals surface area (Å²) in [5, 5.41) is 2.70. The molecule has 0 unspecified atom stereocenters. The summed E-state index contributed by atoms with van der Waals surface area (Å²) >= 11 is 17.5. The Hall–Kier alpha value is -2.23. The van der Waals surface area contributed by atoms with Crippen LogP contribution in [-0.4, -0.2) is 85.1 Å². The number of fused-ring (bicyclic) bond motifs is 14. The van der Waals surface area contributed by atoms with E-state index >= 15 is 0 Å². The van der Waals surface area contributed by atoms with Crippen molar-refractivity contribution < 1.29 is 39.0 Å². The maximum Gasteiger partial charge on any atom is 0.497 e. The van der Waals surface area contributed by atoms with E-state index in [1.54, 1.807) is 0 Å². The van der Waals surface area contributed by atoms with Gasteiger partial charge in [-0.1, -0.05) is 228 Å². The molecule has 4 aliphatic carbocycles. The van der Waals surface area contributed by atoms with Crippen molar-refractivity contribution in [3.63, 3.8) is 0 Å². The maximum atomic E-state index is 6.21. The van der Waals surface area contributed by atoms with Gasteiger partial charge in [0.05, 0.1) is 53.4 Å². The van der Waals surface area contributed by atoms with E-state index < -0.39 is 36.6 Å². The van der Waals surface area contributed by atoms with Gasteiger partial charge in [0.25, 0.3) is 0 Å². The van der Waals surface area contributed by atoms with Crippen LogP contribution < -0.4 is 10.9 Å². The average Bonchev–Trinajstić information content (AvgIpc) is 1.54. The van der Waals surface area contributed by atoms with Crippen molar-refractivity contribution in [3.8, 4) is 52.2 Å². The van der Waals surface area contributed by atoms with Gasteiger partial charge in [-0.2, -0.15) is 17.5 Å². The summed E-state index contributed by atoms with van der Waals surface area (Å²) in [6.45, 7) is 82.6. The summed E-state index contributed by atoms with van der Waals surface area (Å²) in [6.07, 6.45) is 0. The minimum atomic E-state index is -0.478. The molecule has 16 rings (SSSR count). The summed E-state index contributed by atoms with van der Waals surface area (Å²) in [5.74, 6) is 0. The Bertz CT molecular complexity index is 4950. The molecule has 0 saturated carbocycles. The number of aryl methyl sites for hydroxylation is 2. The van der Waals surface area contributed by atoms with Crippen LogP contribution >= 0.6 is 117 Å². The predicted octanol–water partition coefficient (Wildman–Crippen LogP) is 29.3. The number of aromatic nitrogens is 4. The second-order valence-electron chi connectivity index (χ2n) is 41.4. The summed E-state index contributed by atoms with van der Waals surface area (Å²) in [5.41, 5.74) is 23.9. The summed E-state index contributed by atoms with van der Waals surface area (Å²) in [6, 6.07) is 27.8. The summed E-state index contributed by atoms with van der Waals surface area (Å²) < 4.78 is 45.5. The van der Waals surface area contributed by atoms with Crippen LogP contribution in [-0.2, 0) is 60.7 Å². The minimum absolute atomic E-state index is 0. The predicted molar refractivity (Wildman–Crippen MR) is 504 cm³/mol. The van der Waals surface area contributed by atoms with Crippen molar-refractivity contribution >= 4 is 164 Å². The molecule has 2 aliphatic heterocycles. The molecule has 0 bridgehead atoms. The van der Waals surface area contributed by atoms with Crippen LogP contribution in [0.2, 0.25) is 0 Å². The zero-order valence-corrected chi connectivity index (χ0v) is 84.3. The maximum absolute atomic E-state index is 6.21. The van der Waals surface area contributed by atoms with E-state index in [1.165, 1.54) is 138 Å². The van der Waals surface area contributed by atoms with Crippen LogP contribution in [0.5, 0.6) is 0 Å². The first-order chi connectivity index (χ1) is 50.0. The molecule has 6 aromatic heterocycles. The topological polar surface area (TPSA) is 88.5 Å². The Balaban J connectivity index is 0.000000155. The van der Waals surface area contributed by atoms with E-state index in [-0.39, 0.29) is 65.4 Å². The largest absolute Gasteiger partial charge is 0.497 e. The Kier molecular flexibility index (Phi) is 25.0. The Morgan fingerprint density at radius 3 is 0.920 bits per heavy atom. The molecule has 6 aliphatic rings. The van der Waals surface area contributed by atoms with Crippen molar-refractivity contribution in [3.05, 3.63) is 135 Å². The molecule has 0 radical (unpaired) electrons. The van der Waals surface area contributed by atoms with E-state index in [9.17, 15) is 0 Å². The molecule has 8 heterocycles. The van der Waals surface area contributed by atoms with Crippen molar-refractivity contribution in [1.82, 2.24) is 17.5 Å². The fourth-order valence-corrected chi connectivity index (χ4v) is 38.9. The SMILES string of the molecule is C.CC(C)(C)P(C(C)(C)C)C(C)(C)C.CC(C)(C)P(C(C)(C)C)C(C)(C)C.CC1(C)OB(c2ccc(B3OC(C)(C)C(C)(C)O3)c3nsnc23)OC1(C)C.CC1(C)c2cc3c(cc2-c2sc(Br)cc21)C(C)(C)c1cc(Br)sc1-3.Cc1cc2c(s1)-c1cc3c(cc1C2(C)C)-c1sc(-c2ccc(C)c4nsnc24)cc1C3(C)C.[Pd]. The van der Waals surface area contributed by atoms with Gasteiger partial charge >= 0.3 is 14.2 Å². The van der Waals surface area contributed by atoms with Gasteiger partial charge in [0.15, 0.2) is 0 Å². The van der Waals surface area contributed by atoms with Crippen molar-refractivity contribution in [2.24, 2.45) is 0 Å². The van der Waals surface area contributed by atoms with E-state index in [0.717, 1.165) is 33.0 Å². The smallest absolute Gasteiger partial charge is 0.399 e. The monoisotopic (exact) mass is 1880 g/mol. The second kappa shape index (κ2) is 30.4. The molecule has 10 aromatic rings. The van der Waals surface area contributed by atoms with E-state index in [4.69, 9.17) is 18.6 Å². The van der Waals surface area contributed by atoms with Crippen molar-refractivity contribution in [2.75, 3.05) is 0 Å². The Morgan fingerprint density at radius 1 is 0.330 bits per heavy atom. The molecule has 0 atom stereocenters. The van der Waals surface area contributed by atoms with Gasteiger partial charge in [-0.3, -0.25) is 0 Å². The van der Waals surface area contributed by atoms with Crippen LogP contribution in [0.4, 0.5) is 0 Å². The number of nitrogens with zero attached hydrogens (tertiary/aromatic N) is 4. The third-order valence-corrected chi connectivity index (χ3v) is 38.8. The fraction of sp³-hybridized carbons (Fsp3) is 0.560. The van der Waals surface area contributed by atoms with E-state index in [2.05, 4.69) is 304 Å². The number of hydrogen-bond acceptors (Lipinski definition) is 14. The molecule has 2 fully saturated rings. The zero-order valence-electron chi connectivity index (χ0n) is 72.9. The van der Waals surface area contributed by atoms with Gasteiger partial charge < -0.3 is 18.6 Å². The molecule has 8 nitrogen and oxygen atoms in total. The normalized spacial score (nSPS) is 18.5. The molecular weight excluding hydrogens is 1760 g/mol. The second-order valence-corrected chi connectivity index (χ2v) is 59.0. The summed E-state index contributed by atoms with van der Waals surface area (Å²) in [4.78, 5) is 8.48. The van der Waals surface area contributed by atoms with Gasteiger partial charge in [0.1, 0.15) is 22.1 Å². The van der Waals surface area contributed by atoms with Gasteiger partial charge in [-0.15, -0.1) is 45.3 Å². The van der Waals surface area contributed by atoms with Crippen molar-refractivity contribution in [1.29, 1.82) is 0 Å². The first kappa shape index (κ1) is 92.1. The molecule has 4 aromatic carbocycles. The third kappa shape index (κ3) is 16.4. The average molecular weight is 1880 g/mol. The Labute approximate surface area is 732 Å². The fourth-order valence-electron chi connectivity index (χ4n) is 19.5. The molecule has 21 heteroatoms. The van der Waals surface area contributed by atoms with Gasteiger partial charge in [-0.05, 0) is 253 Å². The van der Waals surface area contributed by atoms with E-state index in [0.29, 0.717) is 30.9 Å². The van der Waals surface area contributed by atoms with Gasteiger partial charge in [0, 0.05) is 87.8 Å². The molecule has 608 valence electrons. The minimum Gasteiger partial charge on any atom is -0.399 e. The van der Waals surface area contributed by atoms with Crippen LogP contribution in [0.1, 0.15) is 298 Å². The van der Waals surface area contributed by atoms with Gasteiger partial charge in [0.2, 0.25) is 0 Å². The van der Waals surface area contributed by atoms with Crippen LogP contribution in [0.25, 0.3) is 74.3 Å².